The molecule has 2 amide bonds. The van der Waals surface area contributed by atoms with Gasteiger partial charge in [-0.15, -0.1) is 0 Å². The van der Waals surface area contributed by atoms with Crippen molar-refractivity contribution in [2.75, 3.05) is 18.0 Å². The Kier molecular flexibility index (Phi) is 10.9. The fraction of sp³-hybridized carbons (Fsp3) is 0.394. The lowest BCUT2D eigenvalue weighted by atomic mass is 9.95. The maximum Gasteiger partial charge on any atom is 0.264 e. The first kappa shape index (κ1) is 32.5. The number of benzene rings is 3. The molecule has 1 atom stereocenters. The van der Waals surface area contributed by atoms with Crippen LogP contribution in [0, 0.1) is 13.8 Å². The zero-order valence-electron chi connectivity index (χ0n) is 25.2. The molecule has 0 saturated heterocycles. The first-order chi connectivity index (χ1) is 20.5. The Morgan fingerprint density at radius 1 is 0.953 bits per heavy atom. The van der Waals surface area contributed by atoms with Crippen LogP contribution >= 0.6 is 15.9 Å². The van der Waals surface area contributed by atoms with Gasteiger partial charge in [0, 0.05) is 12.6 Å². The number of ether oxygens (including phenoxy) is 1. The van der Waals surface area contributed by atoms with Crippen molar-refractivity contribution in [3.05, 3.63) is 87.9 Å². The fourth-order valence-corrected chi connectivity index (χ4v) is 7.35. The number of nitrogens with zero attached hydrogens (tertiary/aromatic N) is 2. The van der Waals surface area contributed by atoms with E-state index in [0.717, 1.165) is 53.1 Å². The Balaban J connectivity index is 1.68. The van der Waals surface area contributed by atoms with Crippen LogP contribution < -0.4 is 14.4 Å². The normalized spacial score (nSPS) is 14.5. The van der Waals surface area contributed by atoms with E-state index in [9.17, 15) is 18.0 Å². The van der Waals surface area contributed by atoms with Crippen molar-refractivity contribution in [2.24, 2.45) is 0 Å². The maximum absolute atomic E-state index is 14.2. The van der Waals surface area contributed by atoms with Crippen LogP contribution in [0.2, 0.25) is 0 Å². The summed E-state index contributed by atoms with van der Waals surface area (Å²) in [6, 6.07) is 18.5. The fourth-order valence-electron chi connectivity index (χ4n) is 5.22. The highest BCUT2D eigenvalue weighted by Crippen LogP contribution is 2.31. The van der Waals surface area contributed by atoms with Gasteiger partial charge in [0.15, 0.2) is 0 Å². The van der Waals surface area contributed by atoms with Crippen molar-refractivity contribution in [2.45, 2.75) is 76.4 Å². The summed E-state index contributed by atoms with van der Waals surface area (Å²) in [6.45, 7) is 5.27. The van der Waals surface area contributed by atoms with Crippen LogP contribution in [-0.4, -0.2) is 50.9 Å². The molecule has 1 fully saturated rings. The Morgan fingerprint density at radius 3 is 2.14 bits per heavy atom. The van der Waals surface area contributed by atoms with E-state index < -0.39 is 28.5 Å². The number of carbonyl (C=O) groups excluding carboxylic acids is 2. The lowest BCUT2D eigenvalue weighted by Crippen LogP contribution is -2.53. The average molecular weight is 671 g/mol. The van der Waals surface area contributed by atoms with E-state index in [0.29, 0.717) is 15.9 Å². The molecule has 1 saturated carbocycles. The molecule has 4 rings (SSSR count). The molecule has 230 valence electrons. The predicted molar refractivity (Wildman–Crippen MR) is 173 cm³/mol. The molecule has 0 aromatic heterocycles. The zero-order valence-corrected chi connectivity index (χ0v) is 27.6. The molecule has 0 radical (unpaired) electrons. The lowest BCUT2D eigenvalue weighted by molar-refractivity contribution is -0.139. The summed E-state index contributed by atoms with van der Waals surface area (Å²) < 4.78 is 35.1. The van der Waals surface area contributed by atoms with Crippen LogP contribution in [0.5, 0.6) is 5.75 Å². The lowest BCUT2D eigenvalue weighted by Gasteiger charge is -2.33. The summed E-state index contributed by atoms with van der Waals surface area (Å²) in [5.41, 5.74) is 3.22. The number of halogens is 1. The molecule has 0 spiro atoms. The Hall–Kier alpha value is -3.37. The monoisotopic (exact) mass is 669 g/mol. The maximum atomic E-state index is 14.2. The minimum absolute atomic E-state index is 0.00160. The summed E-state index contributed by atoms with van der Waals surface area (Å²) in [4.78, 5) is 29.1. The van der Waals surface area contributed by atoms with Gasteiger partial charge in [0.25, 0.3) is 10.0 Å². The highest BCUT2D eigenvalue weighted by atomic mass is 79.9. The van der Waals surface area contributed by atoms with Crippen molar-refractivity contribution < 1.29 is 22.7 Å². The number of hydrogen-bond donors (Lipinski definition) is 1. The second kappa shape index (κ2) is 14.4. The highest BCUT2D eigenvalue weighted by molar-refractivity contribution is 9.10. The van der Waals surface area contributed by atoms with Gasteiger partial charge in [-0.2, -0.15) is 0 Å². The molecule has 1 aliphatic rings. The molecule has 0 aliphatic heterocycles. The number of amides is 2. The number of sulfonamides is 1. The summed E-state index contributed by atoms with van der Waals surface area (Å²) in [6.07, 6.45) is 5.13. The van der Waals surface area contributed by atoms with E-state index in [1.165, 1.54) is 24.1 Å². The Bertz CT molecular complexity index is 1520. The standard InChI is InChI=1S/C33H40BrN3O5S/c1-23-10-14-26(15-11-23)21-36(25(3)33(39)35-27-8-6-5-7-9-27)32(38)22-37(28-16-12-24(2)13-17-28)43(40,41)29-18-19-31(42-4)30(34)20-29/h10-20,25,27H,5-9,21-22H2,1-4H3,(H,35,39). The molecule has 43 heavy (non-hydrogen) atoms. The Morgan fingerprint density at radius 2 is 1.56 bits per heavy atom. The van der Waals surface area contributed by atoms with Crippen molar-refractivity contribution >= 4 is 43.5 Å². The summed E-state index contributed by atoms with van der Waals surface area (Å²) in [5.74, 6) is -0.237. The van der Waals surface area contributed by atoms with Crippen LogP contribution in [0.15, 0.2) is 76.1 Å². The number of aryl methyl sites for hydroxylation is 2. The van der Waals surface area contributed by atoms with Gasteiger partial charge in [-0.25, -0.2) is 8.42 Å². The molecule has 0 heterocycles. The van der Waals surface area contributed by atoms with Crippen molar-refractivity contribution in [1.29, 1.82) is 0 Å². The second-order valence-corrected chi connectivity index (χ2v) is 13.9. The van der Waals surface area contributed by atoms with E-state index in [1.54, 1.807) is 37.3 Å². The van der Waals surface area contributed by atoms with Gasteiger partial charge in [-0.05, 0) is 85.4 Å². The van der Waals surface area contributed by atoms with Crippen LogP contribution in [0.25, 0.3) is 0 Å². The third kappa shape index (κ3) is 8.17. The highest BCUT2D eigenvalue weighted by Gasteiger charge is 2.33. The van der Waals surface area contributed by atoms with E-state index in [2.05, 4.69) is 21.2 Å². The summed E-state index contributed by atoms with van der Waals surface area (Å²) in [5, 5.41) is 3.13. The van der Waals surface area contributed by atoms with Crippen LogP contribution in [0.4, 0.5) is 5.69 Å². The van der Waals surface area contributed by atoms with E-state index >= 15 is 0 Å². The largest absolute Gasteiger partial charge is 0.496 e. The van der Waals surface area contributed by atoms with Crippen molar-refractivity contribution in [3.8, 4) is 5.75 Å². The number of hydrogen-bond acceptors (Lipinski definition) is 5. The van der Waals surface area contributed by atoms with Gasteiger partial charge in [-0.1, -0.05) is 66.8 Å². The molecule has 1 N–H and O–H groups in total. The third-order valence-corrected chi connectivity index (χ3v) is 10.3. The van der Waals surface area contributed by atoms with E-state index in [4.69, 9.17) is 4.74 Å². The molecular formula is C33H40BrN3O5S. The minimum atomic E-state index is -4.19. The van der Waals surface area contributed by atoms with Gasteiger partial charge in [0.05, 0.1) is 22.2 Å². The second-order valence-electron chi connectivity index (χ2n) is 11.2. The summed E-state index contributed by atoms with van der Waals surface area (Å²) in [7, 11) is -2.69. The number of rotatable bonds is 11. The topological polar surface area (TPSA) is 96.0 Å². The Labute approximate surface area is 263 Å². The number of anilines is 1. The molecular weight excluding hydrogens is 630 g/mol. The van der Waals surface area contributed by atoms with Gasteiger partial charge >= 0.3 is 0 Å². The van der Waals surface area contributed by atoms with Gasteiger partial charge in [0.1, 0.15) is 18.3 Å². The van der Waals surface area contributed by atoms with Gasteiger partial charge in [-0.3, -0.25) is 13.9 Å². The van der Waals surface area contributed by atoms with Crippen LogP contribution in [0.3, 0.4) is 0 Å². The number of carbonyl (C=O) groups is 2. The smallest absolute Gasteiger partial charge is 0.264 e. The zero-order chi connectivity index (χ0) is 31.1. The molecule has 8 nitrogen and oxygen atoms in total. The van der Waals surface area contributed by atoms with Gasteiger partial charge < -0.3 is 15.0 Å². The number of methoxy groups -OCH3 is 1. The molecule has 3 aromatic rings. The van der Waals surface area contributed by atoms with Crippen molar-refractivity contribution in [1.82, 2.24) is 10.2 Å². The van der Waals surface area contributed by atoms with E-state index in [1.807, 2.05) is 38.1 Å². The quantitative estimate of drug-likeness (QED) is 0.265. The van der Waals surface area contributed by atoms with Gasteiger partial charge in [0.2, 0.25) is 11.8 Å². The molecule has 0 bridgehead atoms. The first-order valence-electron chi connectivity index (χ1n) is 14.6. The predicted octanol–water partition coefficient (Wildman–Crippen LogP) is 6.14. The number of nitrogens with one attached hydrogen (secondary N) is 1. The van der Waals surface area contributed by atoms with Crippen LogP contribution in [-0.2, 0) is 26.2 Å². The van der Waals surface area contributed by atoms with Crippen molar-refractivity contribution in [3.63, 3.8) is 0 Å². The molecule has 1 aliphatic carbocycles. The molecule has 10 heteroatoms. The molecule has 3 aromatic carbocycles. The SMILES string of the molecule is COc1ccc(S(=O)(=O)N(CC(=O)N(Cc2ccc(C)cc2)C(C)C(=O)NC2CCCCC2)c2ccc(C)cc2)cc1Br. The first-order valence-corrected chi connectivity index (χ1v) is 16.8. The van der Waals surface area contributed by atoms with Crippen LogP contribution in [0.1, 0.15) is 55.7 Å². The molecule has 1 unspecified atom stereocenters. The third-order valence-electron chi connectivity index (χ3n) is 7.90. The summed E-state index contributed by atoms with van der Waals surface area (Å²) >= 11 is 3.38. The minimum Gasteiger partial charge on any atom is -0.496 e. The van der Waals surface area contributed by atoms with E-state index in [-0.39, 0.29) is 23.4 Å². The average Bonchev–Trinajstić information content (AvgIpc) is 3.00.